The third-order valence-corrected chi connectivity index (χ3v) is 6.53. The second kappa shape index (κ2) is 11.6. The first-order valence-electron chi connectivity index (χ1n) is 12.4. The van der Waals surface area contributed by atoms with Crippen molar-refractivity contribution < 1.29 is 14.7 Å². The Labute approximate surface area is 207 Å². The van der Waals surface area contributed by atoms with Gasteiger partial charge in [-0.05, 0) is 60.4 Å². The summed E-state index contributed by atoms with van der Waals surface area (Å²) in [7, 11) is 0. The van der Waals surface area contributed by atoms with Crippen LogP contribution in [0.5, 0.6) is 0 Å². The molecule has 1 atom stereocenters. The molecular weight excluding hydrogens is 436 g/mol. The largest absolute Gasteiger partial charge is 0.478 e. The first-order valence-corrected chi connectivity index (χ1v) is 12.4. The minimum absolute atomic E-state index is 0.0875. The van der Waals surface area contributed by atoms with Gasteiger partial charge in [-0.15, -0.1) is 0 Å². The number of amides is 1. The summed E-state index contributed by atoms with van der Waals surface area (Å²) >= 11 is 0. The van der Waals surface area contributed by atoms with Crippen molar-refractivity contribution in [3.05, 3.63) is 95.6 Å². The van der Waals surface area contributed by atoms with E-state index in [9.17, 15) is 14.7 Å². The van der Waals surface area contributed by atoms with Crippen LogP contribution < -0.4 is 0 Å². The molecule has 0 bridgehead atoms. The predicted octanol–water partition coefficient (Wildman–Crippen LogP) is 6.23. The van der Waals surface area contributed by atoms with Crippen molar-refractivity contribution in [2.24, 2.45) is 11.0 Å². The number of unbranched alkanes of at least 4 members (excludes halogenated alkanes) is 1. The van der Waals surface area contributed by atoms with E-state index in [1.165, 1.54) is 5.56 Å². The molecule has 1 amide bonds. The van der Waals surface area contributed by atoms with E-state index in [-0.39, 0.29) is 17.4 Å². The van der Waals surface area contributed by atoms with Gasteiger partial charge in [-0.2, -0.15) is 5.10 Å². The number of aromatic carboxylic acids is 1. The van der Waals surface area contributed by atoms with Gasteiger partial charge in [0.2, 0.25) is 0 Å². The van der Waals surface area contributed by atoms with Crippen molar-refractivity contribution in [3.63, 3.8) is 0 Å². The zero-order valence-electron chi connectivity index (χ0n) is 20.2. The van der Waals surface area contributed by atoms with Gasteiger partial charge in [0, 0.05) is 6.54 Å². The quantitative estimate of drug-likeness (QED) is 0.363. The highest BCUT2D eigenvalue weighted by Gasteiger charge is 2.34. The number of aryl methyl sites for hydroxylation is 1. The molecule has 1 aliphatic rings. The molecule has 0 radical (unpaired) electrons. The average molecular weight is 469 g/mol. The number of carbonyl (C=O) groups excluding carboxylic acids is 1. The van der Waals surface area contributed by atoms with Crippen molar-refractivity contribution >= 4 is 17.6 Å². The smallest absolute Gasteiger partial charge is 0.336 e. The van der Waals surface area contributed by atoms with Gasteiger partial charge in [0.15, 0.2) is 0 Å². The Morgan fingerprint density at radius 1 is 0.886 bits per heavy atom. The fourth-order valence-corrected chi connectivity index (χ4v) is 4.60. The van der Waals surface area contributed by atoms with Gasteiger partial charge in [0.1, 0.15) is 0 Å². The lowest BCUT2D eigenvalue weighted by atomic mass is 9.90. The molecule has 1 aliphatic heterocycles. The molecule has 35 heavy (non-hydrogen) atoms. The second-order valence-electron chi connectivity index (χ2n) is 9.05. The van der Waals surface area contributed by atoms with Crippen molar-refractivity contribution in [2.75, 3.05) is 6.54 Å². The van der Waals surface area contributed by atoms with Crippen LogP contribution in [0.15, 0.2) is 84.0 Å². The minimum Gasteiger partial charge on any atom is -0.478 e. The number of benzene rings is 3. The molecule has 5 heteroatoms. The van der Waals surface area contributed by atoms with Crippen LogP contribution >= 0.6 is 0 Å². The van der Waals surface area contributed by atoms with E-state index < -0.39 is 5.97 Å². The number of nitrogens with zero attached hydrogens (tertiary/aromatic N) is 2. The summed E-state index contributed by atoms with van der Waals surface area (Å²) in [5, 5.41) is 15.9. The fraction of sp³-hybridized carbons (Fsp3) is 0.300. The van der Waals surface area contributed by atoms with E-state index in [4.69, 9.17) is 5.10 Å². The van der Waals surface area contributed by atoms with Gasteiger partial charge >= 0.3 is 5.97 Å². The summed E-state index contributed by atoms with van der Waals surface area (Å²) in [6, 6.07) is 25.2. The topological polar surface area (TPSA) is 70.0 Å². The van der Waals surface area contributed by atoms with Crippen molar-refractivity contribution in [1.82, 2.24) is 5.01 Å². The van der Waals surface area contributed by atoms with Crippen LogP contribution in [0.1, 0.15) is 54.1 Å². The van der Waals surface area contributed by atoms with Gasteiger partial charge in [0.05, 0.1) is 17.2 Å². The number of carboxylic acid groups (broad SMARTS) is 1. The van der Waals surface area contributed by atoms with Crippen LogP contribution in [-0.2, 0) is 17.6 Å². The lowest BCUT2D eigenvalue weighted by Crippen LogP contribution is -2.30. The number of carboxylic acids is 1. The first-order chi connectivity index (χ1) is 17.1. The third kappa shape index (κ3) is 6.04. The zero-order chi connectivity index (χ0) is 24.6. The lowest BCUT2D eigenvalue weighted by Gasteiger charge is -2.15. The van der Waals surface area contributed by atoms with Gasteiger partial charge in [-0.25, -0.2) is 9.80 Å². The van der Waals surface area contributed by atoms with Crippen molar-refractivity contribution in [2.45, 2.75) is 45.4 Å². The fourth-order valence-electron chi connectivity index (χ4n) is 4.60. The highest BCUT2D eigenvalue weighted by Crippen LogP contribution is 2.27. The van der Waals surface area contributed by atoms with E-state index >= 15 is 0 Å². The highest BCUT2D eigenvalue weighted by atomic mass is 16.4. The minimum atomic E-state index is -0.939. The van der Waals surface area contributed by atoms with Crippen LogP contribution in [0.2, 0.25) is 0 Å². The Morgan fingerprint density at radius 2 is 1.60 bits per heavy atom. The van der Waals surface area contributed by atoms with Crippen LogP contribution in [0.4, 0.5) is 0 Å². The number of hydrogen-bond acceptors (Lipinski definition) is 3. The van der Waals surface area contributed by atoms with Gasteiger partial charge < -0.3 is 5.11 Å². The van der Waals surface area contributed by atoms with Crippen LogP contribution in [0.25, 0.3) is 11.1 Å². The molecule has 3 aromatic carbocycles. The van der Waals surface area contributed by atoms with Gasteiger partial charge in [-0.3, -0.25) is 4.79 Å². The van der Waals surface area contributed by atoms with Crippen molar-refractivity contribution in [1.29, 1.82) is 0 Å². The van der Waals surface area contributed by atoms with E-state index in [0.717, 1.165) is 48.9 Å². The number of hydrazone groups is 1. The molecular formula is C30H32N2O3. The SMILES string of the molecule is CCCCC1=NN(CCCc2ccccc2)C(=O)C1Cc1ccc(-c2ccccc2C(=O)O)cc1. The highest BCUT2D eigenvalue weighted by molar-refractivity contribution is 6.08. The molecule has 0 saturated heterocycles. The zero-order valence-corrected chi connectivity index (χ0v) is 20.2. The molecule has 180 valence electrons. The Kier molecular flexibility index (Phi) is 8.09. The lowest BCUT2D eigenvalue weighted by molar-refractivity contribution is -0.131. The molecule has 1 N–H and O–H groups in total. The molecule has 0 spiro atoms. The normalized spacial score (nSPS) is 15.3. The molecule has 0 saturated carbocycles. The Hall–Kier alpha value is -3.73. The number of carbonyl (C=O) groups is 2. The first kappa shape index (κ1) is 24.4. The van der Waals surface area contributed by atoms with Crippen LogP contribution in [-0.4, -0.2) is 34.2 Å². The summed E-state index contributed by atoms with van der Waals surface area (Å²) in [4.78, 5) is 24.9. The predicted molar refractivity (Wildman–Crippen MR) is 139 cm³/mol. The van der Waals surface area contributed by atoms with E-state index in [1.54, 1.807) is 17.1 Å². The number of rotatable bonds is 11. The number of hydrogen-bond donors (Lipinski definition) is 1. The van der Waals surface area contributed by atoms with Crippen LogP contribution in [0, 0.1) is 5.92 Å². The Morgan fingerprint density at radius 3 is 2.31 bits per heavy atom. The molecule has 5 nitrogen and oxygen atoms in total. The Balaban J connectivity index is 1.44. The molecule has 3 aromatic rings. The molecule has 0 aliphatic carbocycles. The Bertz CT molecular complexity index is 1190. The van der Waals surface area contributed by atoms with Crippen LogP contribution in [0.3, 0.4) is 0 Å². The molecule has 1 heterocycles. The summed E-state index contributed by atoms with van der Waals surface area (Å²) in [5.74, 6) is -1.08. The van der Waals surface area contributed by atoms with E-state index in [1.807, 2.05) is 54.6 Å². The third-order valence-electron chi connectivity index (χ3n) is 6.53. The standard InChI is InChI=1S/C30H32N2O3/c1-2-3-15-28-27(29(33)32(31-28)20-9-12-22-10-5-4-6-11-22)21-23-16-18-24(19-17-23)25-13-7-8-14-26(25)30(34)35/h4-8,10-11,13-14,16-19,27H,2-3,9,12,15,20-21H2,1H3,(H,34,35). The summed E-state index contributed by atoms with van der Waals surface area (Å²) in [6.07, 6.45) is 5.33. The summed E-state index contributed by atoms with van der Waals surface area (Å²) in [5.41, 5.74) is 5.14. The van der Waals surface area contributed by atoms with E-state index in [0.29, 0.717) is 18.5 Å². The van der Waals surface area contributed by atoms with Gasteiger partial charge in [-0.1, -0.05) is 86.1 Å². The molecule has 0 aromatic heterocycles. The maximum atomic E-state index is 13.3. The summed E-state index contributed by atoms with van der Waals surface area (Å²) < 4.78 is 0. The molecule has 4 rings (SSSR count). The molecule has 0 fully saturated rings. The molecule has 1 unspecified atom stereocenters. The monoisotopic (exact) mass is 468 g/mol. The second-order valence-corrected chi connectivity index (χ2v) is 9.05. The van der Waals surface area contributed by atoms with E-state index in [2.05, 4.69) is 19.1 Å². The maximum Gasteiger partial charge on any atom is 0.336 e. The maximum absolute atomic E-state index is 13.3. The average Bonchev–Trinajstić information content (AvgIpc) is 3.18. The summed E-state index contributed by atoms with van der Waals surface area (Å²) in [6.45, 7) is 2.78. The van der Waals surface area contributed by atoms with Crippen molar-refractivity contribution in [3.8, 4) is 11.1 Å². The van der Waals surface area contributed by atoms with Gasteiger partial charge in [0.25, 0.3) is 5.91 Å².